The van der Waals surface area contributed by atoms with Crippen LogP contribution in [0.1, 0.15) is 38.2 Å². The molecule has 2 aliphatic rings. The lowest BCUT2D eigenvalue weighted by Crippen LogP contribution is -2.43. The van der Waals surface area contributed by atoms with Crippen LogP contribution in [0.15, 0.2) is 24.3 Å². The summed E-state index contributed by atoms with van der Waals surface area (Å²) in [5.41, 5.74) is 8.39. The molecule has 0 aromatic heterocycles. The lowest BCUT2D eigenvalue weighted by atomic mass is 10.0. The van der Waals surface area contributed by atoms with E-state index in [0.717, 1.165) is 18.7 Å². The zero-order valence-corrected chi connectivity index (χ0v) is 15.3. The van der Waals surface area contributed by atoms with Crippen molar-refractivity contribution in [1.29, 1.82) is 0 Å². The van der Waals surface area contributed by atoms with Crippen LogP contribution in [0.2, 0.25) is 0 Å². The molecular formula is C19H28N4O2. The molecule has 0 bridgehead atoms. The minimum absolute atomic E-state index is 0.0321. The molecule has 0 saturated carbocycles. The molecule has 25 heavy (non-hydrogen) atoms. The second-order valence-corrected chi connectivity index (χ2v) is 7.43. The summed E-state index contributed by atoms with van der Waals surface area (Å²) in [6.07, 6.45) is 1.31. The number of hydrazine groups is 1. The van der Waals surface area contributed by atoms with Gasteiger partial charge in [0.05, 0.1) is 5.92 Å². The fraction of sp³-hybridized carbons (Fsp3) is 0.579. The molecule has 2 atom stereocenters. The Morgan fingerprint density at radius 2 is 2.04 bits per heavy atom. The van der Waals surface area contributed by atoms with Gasteiger partial charge >= 0.3 is 0 Å². The summed E-state index contributed by atoms with van der Waals surface area (Å²) in [6.45, 7) is 6.36. The van der Waals surface area contributed by atoms with Crippen molar-refractivity contribution in [3.05, 3.63) is 29.8 Å². The largest absolute Gasteiger partial charge is 0.344 e. The van der Waals surface area contributed by atoms with E-state index in [1.165, 1.54) is 5.56 Å². The Morgan fingerprint density at radius 1 is 1.32 bits per heavy atom. The highest BCUT2D eigenvalue weighted by Gasteiger charge is 2.37. The van der Waals surface area contributed by atoms with Crippen LogP contribution in [-0.2, 0) is 9.59 Å². The van der Waals surface area contributed by atoms with E-state index < -0.39 is 0 Å². The van der Waals surface area contributed by atoms with E-state index in [9.17, 15) is 9.59 Å². The molecule has 2 saturated heterocycles. The minimum atomic E-state index is -0.253. The molecule has 2 unspecified atom stereocenters. The summed E-state index contributed by atoms with van der Waals surface area (Å²) in [7, 11) is 1.83. The molecule has 136 valence electrons. The number of hydrogen-bond acceptors (Lipinski definition) is 4. The number of hydrogen-bond donors (Lipinski definition) is 2. The molecular weight excluding hydrogens is 316 g/mol. The molecule has 2 amide bonds. The van der Waals surface area contributed by atoms with E-state index in [0.29, 0.717) is 25.4 Å². The predicted molar refractivity (Wildman–Crippen MR) is 98.2 cm³/mol. The van der Waals surface area contributed by atoms with Gasteiger partial charge in [0, 0.05) is 44.8 Å². The van der Waals surface area contributed by atoms with Crippen LogP contribution in [0, 0.1) is 5.92 Å². The molecule has 6 heteroatoms. The van der Waals surface area contributed by atoms with E-state index in [-0.39, 0.29) is 23.8 Å². The number of carbonyl (C=O) groups excluding carboxylic acids is 2. The number of anilines is 1. The summed E-state index contributed by atoms with van der Waals surface area (Å²) in [6, 6.07) is 8.38. The highest BCUT2D eigenvalue weighted by atomic mass is 16.2. The Morgan fingerprint density at radius 3 is 2.64 bits per heavy atom. The van der Waals surface area contributed by atoms with Gasteiger partial charge in [0.25, 0.3) is 0 Å². The van der Waals surface area contributed by atoms with Crippen molar-refractivity contribution in [3.63, 3.8) is 0 Å². The molecule has 1 aromatic carbocycles. The quantitative estimate of drug-likeness (QED) is 0.849. The molecule has 2 N–H and O–H groups in total. The number of rotatable bonds is 5. The van der Waals surface area contributed by atoms with E-state index in [2.05, 4.69) is 36.8 Å². The van der Waals surface area contributed by atoms with Crippen LogP contribution >= 0.6 is 0 Å². The van der Waals surface area contributed by atoms with Crippen molar-refractivity contribution in [2.24, 2.45) is 5.92 Å². The number of carbonyl (C=O) groups is 2. The van der Waals surface area contributed by atoms with E-state index >= 15 is 0 Å². The maximum Gasteiger partial charge on any atom is 0.227 e. The van der Waals surface area contributed by atoms with Gasteiger partial charge in [-0.25, -0.2) is 0 Å². The predicted octanol–water partition coefficient (Wildman–Crippen LogP) is 1.49. The maximum absolute atomic E-state index is 12.7. The first-order valence-electron chi connectivity index (χ1n) is 9.09. The van der Waals surface area contributed by atoms with Gasteiger partial charge < -0.3 is 9.80 Å². The molecule has 2 fully saturated rings. The normalized spacial score (nSPS) is 23.5. The van der Waals surface area contributed by atoms with Crippen molar-refractivity contribution >= 4 is 17.5 Å². The lowest BCUT2D eigenvalue weighted by Gasteiger charge is -2.24. The van der Waals surface area contributed by atoms with Crippen molar-refractivity contribution in [3.8, 4) is 0 Å². The average molecular weight is 344 g/mol. The molecule has 6 nitrogen and oxygen atoms in total. The minimum Gasteiger partial charge on any atom is -0.344 e. The number of likely N-dealkylation sites (N-methyl/N-ethyl adjacent to an activating group) is 1. The molecule has 1 aromatic rings. The van der Waals surface area contributed by atoms with Crippen molar-refractivity contribution in [2.45, 2.75) is 38.6 Å². The SMILES string of the molecule is CC(C)c1ccc(N2CC(C(=O)N(C)CC3CCNN3)CC2=O)cc1. The fourth-order valence-corrected chi connectivity index (χ4v) is 3.57. The third-order valence-electron chi connectivity index (χ3n) is 5.14. The van der Waals surface area contributed by atoms with Crippen molar-refractivity contribution in [1.82, 2.24) is 15.8 Å². The zero-order chi connectivity index (χ0) is 18.0. The summed E-state index contributed by atoms with van der Waals surface area (Å²) < 4.78 is 0. The molecule has 2 heterocycles. The Labute approximate surface area is 149 Å². The summed E-state index contributed by atoms with van der Waals surface area (Å²) >= 11 is 0. The van der Waals surface area contributed by atoms with Gasteiger partial charge in [0.15, 0.2) is 0 Å². The third kappa shape index (κ3) is 4.02. The summed E-state index contributed by atoms with van der Waals surface area (Å²) in [5.74, 6) is 0.301. The van der Waals surface area contributed by atoms with Crippen molar-refractivity contribution in [2.75, 3.05) is 31.6 Å². The van der Waals surface area contributed by atoms with Gasteiger partial charge in [0.1, 0.15) is 0 Å². The second-order valence-electron chi connectivity index (χ2n) is 7.43. The second kappa shape index (κ2) is 7.54. The number of nitrogens with one attached hydrogen (secondary N) is 2. The third-order valence-corrected chi connectivity index (χ3v) is 5.14. The first-order valence-corrected chi connectivity index (χ1v) is 9.09. The molecule has 0 radical (unpaired) electrons. The van der Waals surface area contributed by atoms with Gasteiger partial charge in [0.2, 0.25) is 11.8 Å². The van der Waals surface area contributed by atoms with Gasteiger partial charge in [-0.2, -0.15) is 0 Å². The Balaban J connectivity index is 1.62. The van der Waals surface area contributed by atoms with Crippen molar-refractivity contribution < 1.29 is 9.59 Å². The highest BCUT2D eigenvalue weighted by Crippen LogP contribution is 2.27. The monoisotopic (exact) mass is 344 g/mol. The van der Waals surface area contributed by atoms with Crippen LogP contribution < -0.4 is 15.8 Å². The van der Waals surface area contributed by atoms with Crippen LogP contribution in [0.5, 0.6) is 0 Å². The smallest absolute Gasteiger partial charge is 0.227 e. The van der Waals surface area contributed by atoms with Crippen LogP contribution in [0.25, 0.3) is 0 Å². The number of benzene rings is 1. The van der Waals surface area contributed by atoms with Gasteiger partial charge in [-0.3, -0.25) is 20.4 Å². The Hall–Kier alpha value is -1.92. The highest BCUT2D eigenvalue weighted by molar-refractivity contribution is 6.00. The van der Waals surface area contributed by atoms with Crippen LogP contribution in [0.3, 0.4) is 0 Å². The number of amides is 2. The van der Waals surface area contributed by atoms with Crippen LogP contribution in [-0.4, -0.2) is 49.4 Å². The lowest BCUT2D eigenvalue weighted by molar-refractivity contribution is -0.134. The first-order chi connectivity index (χ1) is 12.0. The summed E-state index contributed by atoms with van der Waals surface area (Å²) in [4.78, 5) is 28.6. The Kier molecular flexibility index (Phi) is 5.39. The van der Waals surface area contributed by atoms with E-state index in [1.54, 1.807) is 9.80 Å². The average Bonchev–Trinajstić information content (AvgIpc) is 3.23. The van der Waals surface area contributed by atoms with E-state index in [1.807, 2.05) is 19.2 Å². The zero-order valence-electron chi connectivity index (χ0n) is 15.3. The maximum atomic E-state index is 12.7. The molecule has 0 aliphatic carbocycles. The standard InChI is InChI=1S/C19H28N4O2/c1-13(2)14-4-6-17(7-5-14)23-11-15(10-18(23)24)19(25)22(3)12-16-8-9-20-21-16/h4-7,13,15-16,20-21H,8-12H2,1-3H3. The number of nitrogens with zero attached hydrogens (tertiary/aromatic N) is 2. The molecule has 0 spiro atoms. The Bertz CT molecular complexity index is 623. The van der Waals surface area contributed by atoms with E-state index in [4.69, 9.17) is 0 Å². The topological polar surface area (TPSA) is 64.7 Å². The van der Waals surface area contributed by atoms with Gasteiger partial charge in [-0.05, 0) is 30.0 Å². The first kappa shape index (κ1) is 17.9. The van der Waals surface area contributed by atoms with Gasteiger partial charge in [-0.1, -0.05) is 26.0 Å². The fourth-order valence-electron chi connectivity index (χ4n) is 3.57. The summed E-state index contributed by atoms with van der Waals surface area (Å²) in [5, 5.41) is 0. The molecule has 3 rings (SSSR count). The van der Waals surface area contributed by atoms with Crippen LogP contribution in [0.4, 0.5) is 5.69 Å². The molecule has 2 aliphatic heterocycles. The van der Waals surface area contributed by atoms with Gasteiger partial charge in [-0.15, -0.1) is 0 Å².